The van der Waals surface area contributed by atoms with Crippen molar-refractivity contribution in [1.82, 2.24) is 5.32 Å². The second kappa shape index (κ2) is 10.3. The van der Waals surface area contributed by atoms with Gasteiger partial charge in [-0.25, -0.2) is 14.1 Å². The zero-order valence-corrected chi connectivity index (χ0v) is 19.1. The van der Waals surface area contributed by atoms with E-state index < -0.39 is 29.6 Å². The number of nitrogens with one attached hydrogen (secondary N) is 2. The van der Waals surface area contributed by atoms with Crippen molar-refractivity contribution in [2.45, 2.75) is 0 Å². The van der Waals surface area contributed by atoms with Gasteiger partial charge in [-0.05, 0) is 72.3 Å². The van der Waals surface area contributed by atoms with Crippen molar-refractivity contribution in [3.63, 3.8) is 0 Å². The molecule has 0 aromatic heterocycles. The van der Waals surface area contributed by atoms with Gasteiger partial charge in [0.2, 0.25) is 0 Å². The van der Waals surface area contributed by atoms with Crippen molar-refractivity contribution in [3.8, 4) is 11.5 Å². The number of carbonyl (C=O) groups excluding carboxylic acids is 4. The van der Waals surface area contributed by atoms with E-state index in [2.05, 4.69) is 10.6 Å². The maximum atomic E-state index is 13.0. The molecule has 0 aliphatic carbocycles. The summed E-state index contributed by atoms with van der Waals surface area (Å²) in [5, 5.41) is 14.2. The molecule has 4 rings (SSSR count). The van der Waals surface area contributed by atoms with Gasteiger partial charge in [-0.1, -0.05) is 17.7 Å². The number of urea groups is 1. The van der Waals surface area contributed by atoms with Gasteiger partial charge in [-0.15, -0.1) is 0 Å². The van der Waals surface area contributed by atoms with E-state index in [1.807, 2.05) is 0 Å². The van der Waals surface area contributed by atoms with Crippen molar-refractivity contribution < 1.29 is 33.4 Å². The smallest absolute Gasteiger partial charge is 0.335 e. The Labute approximate surface area is 208 Å². The Balaban J connectivity index is 1.47. The monoisotopic (exact) mass is 509 g/mol. The highest BCUT2D eigenvalue weighted by Crippen LogP contribution is 2.28. The lowest BCUT2D eigenvalue weighted by Crippen LogP contribution is -2.54. The maximum Gasteiger partial charge on any atom is 0.335 e. The molecular formula is C25H17ClFN3O6. The minimum Gasteiger partial charge on any atom is -0.508 e. The number of phenolic OH excluding ortho intramolecular Hbond substituents is 1. The van der Waals surface area contributed by atoms with Crippen molar-refractivity contribution in [2.75, 3.05) is 16.8 Å². The second-order valence-electron chi connectivity index (χ2n) is 7.51. The van der Waals surface area contributed by atoms with E-state index in [9.17, 15) is 28.7 Å². The average Bonchev–Trinajstić information content (AvgIpc) is 2.84. The molecule has 3 aromatic rings. The lowest BCUT2D eigenvalue weighted by atomic mass is 10.1. The van der Waals surface area contributed by atoms with Crippen LogP contribution in [0.5, 0.6) is 11.5 Å². The van der Waals surface area contributed by atoms with Crippen molar-refractivity contribution in [3.05, 3.63) is 88.7 Å². The average molecular weight is 510 g/mol. The zero-order valence-electron chi connectivity index (χ0n) is 18.3. The molecule has 1 heterocycles. The number of halogens is 2. The summed E-state index contributed by atoms with van der Waals surface area (Å²) in [5.74, 6) is -2.54. The molecule has 1 aliphatic heterocycles. The molecule has 0 saturated carbocycles. The van der Waals surface area contributed by atoms with E-state index in [0.717, 1.165) is 4.90 Å². The molecule has 1 fully saturated rings. The Morgan fingerprint density at radius 2 is 1.75 bits per heavy atom. The summed E-state index contributed by atoms with van der Waals surface area (Å²) in [7, 11) is 0. The van der Waals surface area contributed by atoms with Gasteiger partial charge < -0.3 is 15.2 Å². The minimum absolute atomic E-state index is 0.0552. The first kappa shape index (κ1) is 24.4. The molecule has 9 nitrogen and oxygen atoms in total. The van der Waals surface area contributed by atoms with E-state index in [1.54, 1.807) is 0 Å². The van der Waals surface area contributed by atoms with Gasteiger partial charge in [-0.2, -0.15) is 0 Å². The number of benzene rings is 3. The fourth-order valence-corrected chi connectivity index (χ4v) is 3.50. The lowest BCUT2D eigenvalue weighted by Gasteiger charge is -2.26. The summed E-state index contributed by atoms with van der Waals surface area (Å²) in [4.78, 5) is 50.3. The molecule has 1 aliphatic rings. The molecule has 0 radical (unpaired) electrons. The molecule has 36 heavy (non-hydrogen) atoms. The molecule has 1 saturated heterocycles. The molecule has 182 valence electrons. The van der Waals surface area contributed by atoms with Crippen LogP contribution in [-0.2, 0) is 14.4 Å². The molecule has 11 heteroatoms. The van der Waals surface area contributed by atoms with Crippen LogP contribution in [0.1, 0.15) is 5.56 Å². The molecule has 0 bridgehead atoms. The highest BCUT2D eigenvalue weighted by molar-refractivity contribution is 6.39. The molecule has 3 aromatic carbocycles. The predicted octanol–water partition coefficient (Wildman–Crippen LogP) is 3.87. The van der Waals surface area contributed by atoms with Crippen molar-refractivity contribution >= 4 is 52.8 Å². The Morgan fingerprint density at radius 1 is 1.06 bits per heavy atom. The number of aromatic hydroxyl groups is 1. The summed E-state index contributed by atoms with van der Waals surface area (Å²) >= 11 is 6.24. The molecule has 0 unspecified atom stereocenters. The SMILES string of the molecule is O=C(COc1ccc(/C=C2/C(=O)NC(=O)N(c3ccc(O)cc3)C2=O)cc1Cl)Nc1ccc(F)cc1. The predicted molar refractivity (Wildman–Crippen MR) is 129 cm³/mol. The lowest BCUT2D eigenvalue weighted by molar-refractivity contribution is -0.122. The van der Waals surface area contributed by atoms with Gasteiger partial charge in [0, 0.05) is 5.69 Å². The third kappa shape index (κ3) is 5.50. The number of hydrogen-bond donors (Lipinski definition) is 3. The highest BCUT2D eigenvalue weighted by atomic mass is 35.5. The van der Waals surface area contributed by atoms with E-state index in [1.165, 1.54) is 72.8 Å². The summed E-state index contributed by atoms with van der Waals surface area (Å²) in [6, 6.07) is 14.0. The summed E-state index contributed by atoms with van der Waals surface area (Å²) < 4.78 is 18.4. The number of imide groups is 2. The number of barbiturate groups is 1. The third-order valence-electron chi connectivity index (χ3n) is 4.96. The molecule has 3 N–H and O–H groups in total. The van der Waals surface area contributed by atoms with E-state index in [-0.39, 0.29) is 34.4 Å². The van der Waals surface area contributed by atoms with Crippen LogP contribution in [0.2, 0.25) is 5.02 Å². The molecular weight excluding hydrogens is 493 g/mol. The largest absolute Gasteiger partial charge is 0.508 e. The van der Waals surface area contributed by atoms with Gasteiger partial charge in [0.25, 0.3) is 17.7 Å². The Morgan fingerprint density at radius 3 is 2.42 bits per heavy atom. The minimum atomic E-state index is -0.923. The maximum absolute atomic E-state index is 13.0. The van der Waals surface area contributed by atoms with Crippen LogP contribution >= 0.6 is 11.6 Å². The van der Waals surface area contributed by atoms with Crippen LogP contribution in [0.4, 0.5) is 20.6 Å². The third-order valence-corrected chi connectivity index (χ3v) is 5.26. The van der Waals surface area contributed by atoms with E-state index in [0.29, 0.717) is 11.3 Å². The summed E-state index contributed by atoms with van der Waals surface area (Å²) in [5.41, 5.74) is 0.607. The normalized spacial score (nSPS) is 14.6. The van der Waals surface area contributed by atoms with Gasteiger partial charge in [-0.3, -0.25) is 19.7 Å². The molecule has 5 amide bonds. The van der Waals surface area contributed by atoms with Crippen LogP contribution in [0.15, 0.2) is 72.3 Å². The first-order valence-corrected chi connectivity index (χ1v) is 10.8. The summed E-state index contributed by atoms with van der Waals surface area (Å²) in [6.45, 7) is -0.373. The fourth-order valence-electron chi connectivity index (χ4n) is 3.26. The van der Waals surface area contributed by atoms with E-state index in [4.69, 9.17) is 16.3 Å². The zero-order chi connectivity index (χ0) is 25.8. The van der Waals surface area contributed by atoms with Gasteiger partial charge in [0.15, 0.2) is 6.61 Å². The number of anilines is 2. The number of amides is 5. The quantitative estimate of drug-likeness (QED) is 0.342. The Hall–Kier alpha value is -4.70. The van der Waals surface area contributed by atoms with Gasteiger partial charge in [0.05, 0.1) is 10.7 Å². The van der Waals surface area contributed by atoms with Crippen LogP contribution in [0.3, 0.4) is 0 Å². The number of rotatable bonds is 6. The number of nitrogens with zero attached hydrogens (tertiary/aromatic N) is 1. The first-order chi connectivity index (χ1) is 17.2. The van der Waals surface area contributed by atoms with Crippen molar-refractivity contribution in [1.29, 1.82) is 0 Å². The number of phenols is 1. The first-order valence-electron chi connectivity index (χ1n) is 10.4. The Bertz CT molecular complexity index is 1390. The molecule has 0 spiro atoms. The standard InChI is InChI=1S/C25H17ClFN3O6/c26-20-12-14(1-10-21(20)36-13-22(32)28-16-4-2-15(27)3-5-16)11-19-23(33)29-25(35)30(24(19)34)17-6-8-18(31)9-7-17/h1-12,31H,13H2,(H,28,32)(H,29,33,35)/b19-11-. The van der Waals surface area contributed by atoms with Gasteiger partial charge in [0.1, 0.15) is 22.9 Å². The van der Waals surface area contributed by atoms with Crippen LogP contribution < -0.4 is 20.3 Å². The highest BCUT2D eigenvalue weighted by Gasteiger charge is 2.36. The number of carbonyl (C=O) groups is 4. The van der Waals surface area contributed by atoms with Crippen LogP contribution in [0.25, 0.3) is 6.08 Å². The Kier molecular flexibility index (Phi) is 6.98. The van der Waals surface area contributed by atoms with Crippen LogP contribution in [0, 0.1) is 5.82 Å². The second-order valence-corrected chi connectivity index (χ2v) is 7.92. The number of hydrogen-bond acceptors (Lipinski definition) is 6. The fraction of sp³-hybridized carbons (Fsp3) is 0.0400. The topological polar surface area (TPSA) is 125 Å². The van der Waals surface area contributed by atoms with Crippen LogP contribution in [-0.4, -0.2) is 35.5 Å². The summed E-state index contributed by atoms with van der Waals surface area (Å²) in [6.07, 6.45) is 1.26. The number of ether oxygens (including phenoxy) is 1. The molecule has 0 atom stereocenters. The van der Waals surface area contributed by atoms with Crippen molar-refractivity contribution in [2.24, 2.45) is 0 Å². The van der Waals surface area contributed by atoms with E-state index >= 15 is 0 Å². The van der Waals surface area contributed by atoms with Gasteiger partial charge >= 0.3 is 6.03 Å².